The van der Waals surface area contributed by atoms with Gasteiger partial charge in [-0.25, -0.2) is 5.43 Å². The number of ether oxygens (including phenoxy) is 4. The highest BCUT2D eigenvalue weighted by Crippen LogP contribution is 2.37. The summed E-state index contributed by atoms with van der Waals surface area (Å²) < 4.78 is 21.3. The molecule has 1 N–H and O–H groups in total. The van der Waals surface area contributed by atoms with E-state index < -0.39 is 0 Å². The molecule has 0 spiro atoms. The Hall–Kier alpha value is -3.22. The minimum Gasteiger partial charge on any atom is -0.493 e. The molecule has 0 atom stereocenters. The van der Waals surface area contributed by atoms with Gasteiger partial charge in [-0.1, -0.05) is 18.2 Å². The van der Waals surface area contributed by atoms with Crippen LogP contribution in [0.1, 0.15) is 11.1 Å². The van der Waals surface area contributed by atoms with Crippen molar-refractivity contribution in [3.8, 4) is 23.0 Å². The molecule has 0 aliphatic heterocycles. The van der Waals surface area contributed by atoms with Crippen molar-refractivity contribution in [3.63, 3.8) is 0 Å². The van der Waals surface area contributed by atoms with E-state index >= 15 is 0 Å². The van der Waals surface area contributed by atoms with E-state index in [9.17, 15) is 4.79 Å². The zero-order valence-corrected chi connectivity index (χ0v) is 15.2. The first-order valence-corrected chi connectivity index (χ1v) is 7.89. The smallest absolute Gasteiger partial charge is 0.277 e. The normalized spacial score (nSPS) is 10.5. The van der Waals surface area contributed by atoms with E-state index in [4.69, 9.17) is 18.9 Å². The Kier molecular flexibility index (Phi) is 6.84. The Labute approximate surface area is 152 Å². The summed E-state index contributed by atoms with van der Waals surface area (Å²) in [5, 5.41) is 3.93. The maximum Gasteiger partial charge on any atom is 0.277 e. The molecular weight excluding hydrogens is 336 g/mol. The van der Waals surface area contributed by atoms with Crippen LogP contribution in [0, 0.1) is 6.92 Å². The van der Waals surface area contributed by atoms with E-state index in [1.165, 1.54) is 27.5 Å². The van der Waals surface area contributed by atoms with Gasteiger partial charge in [0.2, 0.25) is 5.75 Å². The molecule has 7 heteroatoms. The van der Waals surface area contributed by atoms with Crippen LogP contribution in [-0.2, 0) is 4.79 Å². The van der Waals surface area contributed by atoms with Crippen molar-refractivity contribution in [2.24, 2.45) is 5.10 Å². The summed E-state index contributed by atoms with van der Waals surface area (Å²) in [6.07, 6.45) is 1.48. The van der Waals surface area contributed by atoms with E-state index in [0.29, 0.717) is 28.6 Å². The first-order valence-electron chi connectivity index (χ1n) is 7.89. The minimum absolute atomic E-state index is 0.128. The molecule has 0 saturated heterocycles. The van der Waals surface area contributed by atoms with Crippen LogP contribution >= 0.6 is 0 Å². The topological polar surface area (TPSA) is 78.4 Å². The van der Waals surface area contributed by atoms with Gasteiger partial charge in [0.1, 0.15) is 5.75 Å². The summed E-state index contributed by atoms with van der Waals surface area (Å²) in [6, 6.07) is 10.9. The van der Waals surface area contributed by atoms with Crippen molar-refractivity contribution in [3.05, 3.63) is 47.5 Å². The molecule has 0 radical (unpaired) electrons. The van der Waals surface area contributed by atoms with Crippen molar-refractivity contribution >= 4 is 12.1 Å². The molecule has 1 amide bonds. The average molecular weight is 358 g/mol. The molecule has 2 aromatic rings. The number of carbonyl (C=O) groups is 1. The fraction of sp³-hybridized carbons (Fsp3) is 0.263. The Bertz CT molecular complexity index is 764. The van der Waals surface area contributed by atoms with Crippen LogP contribution < -0.4 is 24.4 Å². The van der Waals surface area contributed by atoms with Crippen LogP contribution in [0.2, 0.25) is 0 Å². The van der Waals surface area contributed by atoms with E-state index in [1.807, 2.05) is 31.2 Å². The second-order valence-electron chi connectivity index (χ2n) is 5.31. The monoisotopic (exact) mass is 358 g/mol. The summed E-state index contributed by atoms with van der Waals surface area (Å²) in [4.78, 5) is 11.8. The molecule has 2 aromatic carbocycles. The number of hydrogen-bond acceptors (Lipinski definition) is 6. The van der Waals surface area contributed by atoms with Crippen LogP contribution in [0.5, 0.6) is 23.0 Å². The molecule has 0 aliphatic carbocycles. The first-order chi connectivity index (χ1) is 12.6. The van der Waals surface area contributed by atoms with Crippen LogP contribution in [0.15, 0.2) is 41.5 Å². The number of benzene rings is 2. The van der Waals surface area contributed by atoms with Gasteiger partial charge in [0, 0.05) is 5.56 Å². The van der Waals surface area contributed by atoms with Gasteiger partial charge in [0.25, 0.3) is 5.91 Å². The van der Waals surface area contributed by atoms with E-state index in [2.05, 4.69) is 10.5 Å². The maximum absolute atomic E-state index is 11.8. The van der Waals surface area contributed by atoms with E-state index in [1.54, 1.807) is 12.1 Å². The van der Waals surface area contributed by atoms with Crippen LogP contribution in [0.25, 0.3) is 0 Å². The summed E-state index contributed by atoms with van der Waals surface area (Å²) in [5.41, 5.74) is 4.06. The second kappa shape index (κ2) is 9.31. The van der Waals surface area contributed by atoms with Crippen molar-refractivity contribution in [2.75, 3.05) is 27.9 Å². The molecular formula is C19H22N2O5. The molecule has 0 saturated carbocycles. The number of para-hydroxylation sites is 1. The Morgan fingerprint density at radius 1 is 1.04 bits per heavy atom. The number of nitrogens with zero attached hydrogens (tertiary/aromatic N) is 1. The van der Waals surface area contributed by atoms with Gasteiger partial charge in [0.15, 0.2) is 18.1 Å². The van der Waals surface area contributed by atoms with Crippen LogP contribution in [0.4, 0.5) is 0 Å². The van der Waals surface area contributed by atoms with Gasteiger partial charge >= 0.3 is 0 Å². The molecule has 0 unspecified atom stereocenters. The lowest BCUT2D eigenvalue weighted by atomic mass is 10.2. The van der Waals surface area contributed by atoms with Gasteiger partial charge in [-0.15, -0.1) is 0 Å². The largest absolute Gasteiger partial charge is 0.493 e. The van der Waals surface area contributed by atoms with E-state index in [0.717, 1.165) is 5.56 Å². The molecule has 0 aromatic heterocycles. The summed E-state index contributed by atoms with van der Waals surface area (Å²) >= 11 is 0. The zero-order chi connectivity index (χ0) is 18.9. The first kappa shape index (κ1) is 19.1. The molecule has 138 valence electrons. The molecule has 7 nitrogen and oxygen atoms in total. The van der Waals surface area contributed by atoms with Crippen molar-refractivity contribution in [1.29, 1.82) is 0 Å². The van der Waals surface area contributed by atoms with Crippen LogP contribution in [0.3, 0.4) is 0 Å². The number of rotatable bonds is 8. The SMILES string of the molecule is COc1cc(C=NNC(=O)COc2ccccc2C)cc(OC)c1OC. The Balaban J connectivity index is 1.97. The van der Waals surface area contributed by atoms with Gasteiger partial charge in [0.05, 0.1) is 27.5 Å². The molecule has 0 heterocycles. The summed E-state index contributed by atoms with van der Waals surface area (Å²) in [5.74, 6) is 1.79. The summed E-state index contributed by atoms with van der Waals surface area (Å²) in [6.45, 7) is 1.79. The number of aryl methyl sites for hydroxylation is 1. The quantitative estimate of drug-likeness (QED) is 0.580. The molecule has 2 rings (SSSR count). The number of methoxy groups -OCH3 is 3. The predicted molar refractivity (Wildman–Crippen MR) is 98.5 cm³/mol. The lowest BCUT2D eigenvalue weighted by Gasteiger charge is -2.12. The number of hydrazone groups is 1. The molecule has 0 fully saturated rings. The van der Waals surface area contributed by atoms with Crippen molar-refractivity contribution < 1.29 is 23.7 Å². The number of amides is 1. The fourth-order valence-corrected chi connectivity index (χ4v) is 2.25. The van der Waals surface area contributed by atoms with Crippen molar-refractivity contribution in [2.45, 2.75) is 6.92 Å². The summed E-state index contributed by atoms with van der Waals surface area (Å²) in [7, 11) is 4.59. The lowest BCUT2D eigenvalue weighted by molar-refractivity contribution is -0.123. The molecule has 0 aliphatic rings. The maximum atomic E-state index is 11.8. The van der Waals surface area contributed by atoms with Gasteiger partial charge in [-0.3, -0.25) is 4.79 Å². The highest BCUT2D eigenvalue weighted by Gasteiger charge is 2.12. The Morgan fingerprint density at radius 3 is 2.27 bits per heavy atom. The fourth-order valence-electron chi connectivity index (χ4n) is 2.25. The molecule has 0 bridgehead atoms. The number of hydrogen-bond donors (Lipinski definition) is 1. The lowest BCUT2D eigenvalue weighted by Crippen LogP contribution is -2.24. The van der Waals surface area contributed by atoms with Crippen LogP contribution in [-0.4, -0.2) is 40.1 Å². The third kappa shape index (κ3) is 4.89. The number of carbonyl (C=O) groups excluding carboxylic acids is 1. The highest BCUT2D eigenvalue weighted by molar-refractivity contribution is 5.84. The average Bonchev–Trinajstić information content (AvgIpc) is 2.66. The van der Waals surface area contributed by atoms with E-state index in [-0.39, 0.29) is 12.5 Å². The standard InChI is InChI=1S/C19H22N2O5/c1-13-7-5-6-8-15(13)26-12-18(22)21-20-11-14-9-16(23-2)19(25-4)17(10-14)24-3/h5-11H,12H2,1-4H3,(H,21,22). The van der Waals surface area contributed by atoms with Gasteiger partial charge < -0.3 is 18.9 Å². The molecule has 26 heavy (non-hydrogen) atoms. The predicted octanol–water partition coefficient (Wildman–Crippen LogP) is 2.55. The minimum atomic E-state index is -0.364. The number of nitrogens with one attached hydrogen (secondary N) is 1. The Morgan fingerprint density at radius 2 is 1.69 bits per heavy atom. The highest BCUT2D eigenvalue weighted by atomic mass is 16.5. The zero-order valence-electron chi connectivity index (χ0n) is 15.2. The third-order valence-electron chi connectivity index (χ3n) is 3.54. The second-order valence-corrected chi connectivity index (χ2v) is 5.31. The van der Waals surface area contributed by atoms with Gasteiger partial charge in [-0.05, 0) is 30.7 Å². The van der Waals surface area contributed by atoms with Crippen molar-refractivity contribution in [1.82, 2.24) is 5.43 Å². The van der Waals surface area contributed by atoms with Gasteiger partial charge in [-0.2, -0.15) is 5.10 Å². The third-order valence-corrected chi connectivity index (χ3v) is 3.54.